The van der Waals surface area contributed by atoms with Gasteiger partial charge in [-0.1, -0.05) is 18.5 Å². The lowest BCUT2D eigenvalue weighted by Gasteiger charge is -2.17. The Hall–Kier alpha value is -1.59. The molecule has 1 saturated heterocycles. The lowest BCUT2D eigenvalue weighted by atomic mass is 10.0. The van der Waals surface area contributed by atoms with Crippen molar-refractivity contribution >= 4 is 29.2 Å². The first-order valence-electron chi connectivity index (χ1n) is 6.45. The molecule has 2 N–H and O–H groups in total. The zero-order valence-corrected chi connectivity index (χ0v) is 12.2. The third-order valence-electron chi connectivity index (χ3n) is 3.46. The number of amides is 1. The standard InChI is InChI=1S/C14H17ClN2O3/c1-8-5-6-16-12(8)13(18)17-11-7-9(15)3-4-10(11)14(19)20-2/h3-4,7-8,12,16H,5-6H2,1-2H3,(H,17,18). The van der Waals surface area contributed by atoms with Crippen LogP contribution < -0.4 is 10.6 Å². The number of halogens is 1. The van der Waals surface area contributed by atoms with Crippen molar-refractivity contribution in [2.75, 3.05) is 19.0 Å². The molecule has 0 radical (unpaired) electrons. The maximum Gasteiger partial charge on any atom is 0.339 e. The molecule has 1 aliphatic rings. The zero-order valence-electron chi connectivity index (χ0n) is 11.4. The Balaban J connectivity index is 2.21. The molecule has 2 atom stereocenters. The molecule has 1 amide bonds. The highest BCUT2D eigenvalue weighted by molar-refractivity contribution is 6.31. The summed E-state index contributed by atoms with van der Waals surface area (Å²) in [5.41, 5.74) is 0.658. The molecular formula is C14H17ClN2O3. The average molecular weight is 297 g/mol. The van der Waals surface area contributed by atoms with Gasteiger partial charge in [0.05, 0.1) is 24.4 Å². The Bertz CT molecular complexity index is 533. The maximum absolute atomic E-state index is 12.2. The van der Waals surface area contributed by atoms with Gasteiger partial charge in [-0.3, -0.25) is 4.79 Å². The van der Waals surface area contributed by atoms with Gasteiger partial charge < -0.3 is 15.4 Å². The minimum Gasteiger partial charge on any atom is -0.465 e. The van der Waals surface area contributed by atoms with Crippen LogP contribution in [0.25, 0.3) is 0 Å². The van der Waals surface area contributed by atoms with Crippen LogP contribution in [0.2, 0.25) is 5.02 Å². The minimum absolute atomic E-state index is 0.164. The number of anilines is 1. The predicted molar refractivity (Wildman–Crippen MR) is 77.0 cm³/mol. The number of methoxy groups -OCH3 is 1. The number of esters is 1. The van der Waals surface area contributed by atoms with Crippen molar-refractivity contribution in [1.82, 2.24) is 5.32 Å². The fourth-order valence-corrected chi connectivity index (χ4v) is 2.48. The first kappa shape index (κ1) is 14.8. The largest absolute Gasteiger partial charge is 0.465 e. The lowest BCUT2D eigenvalue weighted by molar-refractivity contribution is -0.118. The summed E-state index contributed by atoms with van der Waals surface area (Å²) in [5, 5.41) is 6.34. The number of carbonyl (C=O) groups is 2. The van der Waals surface area contributed by atoms with E-state index in [-0.39, 0.29) is 23.4 Å². The molecule has 0 aliphatic carbocycles. The van der Waals surface area contributed by atoms with Gasteiger partial charge in [0.15, 0.2) is 0 Å². The normalized spacial score (nSPS) is 21.6. The minimum atomic E-state index is -0.510. The predicted octanol–water partition coefficient (Wildman–Crippen LogP) is 2.06. The molecule has 0 spiro atoms. The fourth-order valence-electron chi connectivity index (χ4n) is 2.30. The molecule has 1 aromatic rings. The molecule has 5 nitrogen and oxygen atoms in total. The van der Waals surface area contributed by atoms with Gasteiger partial charge >= 0.3 is 5.97 Å². The van der Waals surface area contributed by atoms with E-state index in [4.69, 9.17) is 16.3 Å². The highest BCUT2D eigenvalue weighted by Gasteiger charge is 2.30. The average Bonchev–Trinajstić information content (AvgIpc) is 2.84. The number of rotatable bonds is 3. The topological polar surface area (TPSA) is 67.4 Å². The van der Waals surface area contributed by atoms with Crippen molar-refractivity contribution < 1.29 is 14.3 Å². The molecule has 1 aliphatic heterocycles. The van der Waals surface area contributed by atoms with Crippen LogP contribution in [0.1, 0.15) is 23.7 Å². The van der Waals surface area contributed by atoms with E-state index < -0.39 is 5.97 Å². The van der Waals surface area contributed by atoms with Crippen molar-refractivity contribution in [3.05, 3.63) is 28.8 Å². The second-order valence-corrected chi connectivity index (χ2v) is 5.30. The summed E-state index contributed by atoms with van der Waals surface area (Å²) in [7, 11) is 1.29. The van der Waals surface area contributed by atoms with Gasteiger partial charge in [0.2, 0.25) is 5.91 Å². The fraction of sp³-hybridized carbons (Fsp3) is 0.429. The first-order valence-corrected chi connectivity index (χ1v) is 6.83. The highest BCUT2D eigenvalue weighted by Crippen LogP contribution is 2.23. The van der Waals surface area contributed by atoms with E-state index in [1.165, 1.54) is 13.2 Å². The van der Waals surface area contributed by atoms with Crippen LogP contribution in [0, 0.1) is 5.92 Å². The van der Waals surface area contributed by atoms with Crippen LogP contribution >= 0.6 is 11.6 Å². The molecule has 0 aromatic heterocycles. The van der Waals surface area contributed by atoms with E-state index in [0.29, 0.717) is 10.7 Å². The molecule has 1 fully saturated rings. The van der Waals surface area contributed by atoms with Crippen molar-refractivity contribution in [3.63, 3.8) is 0 Å². The summed E-state index contributed by atoms with van der Waals surface area (Å²) in [6, 6.07) is 4.42. The number of benzene rings is 1. The first-order chi connectivity index (χ1) is 9.52. The Morgan fingerprint density at radius 2 is 2.20 bits per heavy atom. The van der Waals surface area contributed by atoms with Gasteiger partial charge in [-0.15, -0.1) is 0 Å². The maximum atomic E-state index is 12.2. The monoisotopic (exact) mass is 296 g/mol. The molecule has 1 aromatic carbocycles. The molecule has 20 heavy (non-hydrogen) atoms. The summed E-state index contributed by atoms with van der Waals surface area (Å²) >= 11 is 5.92. The van der Waals surface area contributed by atoms with Crippen LogP contribution in [-0.2, 0) is 9.53 Å². The Morgan fingerprint density at radius 1 is 1.45 bits per heavy atom. The van der Waals surface area contributed by atoms with E-state index in [0.717, 1.165) is 13.0 Å². The number of carbonyl (C=O) groups excluding carboxylic acids is 2. The van der Waals surface area contributed by atoms with Gasteiger partial charge in [0, 0.05) is 5.02 Å². The zero-order chi connectivity index (χ0) is 14.7. The lowest BCUT2D eigenvalue weighted by Crippen LogP contribution is -2.39. The summed E-state index contributed by atoms with van der Waals surface area (Å²) < 4.78 is 4.70. The van der Waals surface area contributed by atoms with Gasteiger partial charge in [-0.2, -0.15) is 0 Å². The Morgan fingerprint density at radius 3 is 2.80 bits per heavy atom. The van der Waals surface area contributed by atoms with Crippen molar-refractivity contribution in [2.24, 2.45) is 5.92 Å². The third kappa shape index (κ3) is 3.11. The molecule has 1 heterocycles. The number of nitrogens with one attached hydrogen (secondary N) is 2. The van der Waals surface area contributed by atoms with Gasteiger partial charge in [0.1, 0.15) is 0 Å². The molecular weight excluding hydrogens is 280 g/mol. The molecule has 0 saturated carbocycles. The SMILES string of the molecule is COC(=O)c1ccc(Cl)cc1NC(=O)C1NCCC1C. The molecule has 108 valence electrons. The summed E-state index contributed by atoms with van der Waals surface area (Å²) in [4.78, 5) is 23.9. The van der Waals surface area contributed by atoms with E-state index in [1.807, 2.05) is 6.92 Å². The quantitative estimate of drug-likeness (QED) is 0.838. The third-order valence-corrected chi connectivity index (χ3v) is 3.70. The molecule has 0 bridgehead atoms. The van der Waals surface area contributed by atoms with E-state index in [1.54, 1.807) is 12.1 Å². The molecule has 2 unspecified atom stereocenters. The van der Waals surface area contributed by atoms with Crippen molar-refractivity contribution in [3.8, 4) is 0 Å². The van der Waals surface area contributed by atoms with Crippen molar-refractivity contribution in [1.29, 1.82) is 0 Å². The summed E-state index contributed by atoms with van der Waals surface area (Å²) in [6.45, 7) is 2.84. The van der Waals surface area contributed by atoms with Gasteiger partial charge in [0.25, 0.3) is 0 Å². The van der Waals surface area contributed by atoms with Crippen LogP contribution in [0.5, 0.6) is 0 Å². The van der Waals surface area contributed by atoms with E-state index in [9.17, 15) is 9.59 Å². The number of hydrogen-bond donors (Lipinski definition) is 2. The Labute approximate surface area is 122 Å². The van der Waals surface area contributed by atoms with Crippen LogP contribution in [0.3, 0.4) is 0 Å². The summed E-state index contributed by atoms with van der Waals surface area (Å²) in [5.74, 6) is -0.414. The van der Waals surface area contributed by atoms with Crippen LogP contribution in [0.15, 0.2) is 18.2 Å². The van der Waals surface area contributed by atoms with Gasteiger partial charge in [-0.05, 0) is 37.1 Å². The summed E-state index contributed by atoms with van der Waals surface area (Å²) in [6.07, 6.45) is 0.956. The van der Waals surface area contributed by atoms with Crippen molar-refractivity contribution in [2.45, 2.75) is 19.4 Å². The van der Waals surface area contributed by atoms with E-state index in [2.05, 4.69) is 10.6 Å². The second kappa shape index (κ2) is 6.24. The smallest absolute Gasteiger partial charge is 0.339 e. The van der Waals surface area contributed by atoms with Crippen LogP contribution in [-0.4, -0.2) is 31.6 Å². The second-order valence-electron chi connectivity index (χ2n) is 4.87. The Kier molecular flexibility index (Phi) is 4.62. The van der Waals surface area contributed by atoms with Gasteiger partial charge in [-0.25, -0.2) is 4.79 Å². The number of hydrogen-bond acceptors (Lipinski definition) is 4. The van der Waals surface area contributed by atoms with Crippen LogP contribution in [0.4, 0.5) is 5.69 Å². The van der Waals surface area contributed by atoms with E-state index >= 15 is 0 Å². The molecule has 2 rings (SSSR count). The highest BCUT2D eigenvalue weighted by atomic mass is 35.5. The number of ether oxygens (including phenoxy) is 1. The molecule has 6 heteroatoms.